The Hall–Kier alpha value is -1.17. The van der Waals surface area contributed by atoms with E-state index in [0.717, 1.165) is 11.1 Å². The third-order valence-corrected chi connectivity index (χ3v) is 5.37. The Balaban J connectivity index is 2.05. The van der Waals surface area contributed by atoms with Crippen LogP contribution in [0.1, 0.15) is 31.1 Å². The molecule has 0 unspecified atom stereocenters. The first-order valence-electron chi connectivity index (χ1n) is 8.03. The van der Waals surface area contributed by atoms with Crippen molar-refractivity contribution in [2.45, 2.75) is 25.6 Å². The highest BCUT2D eigenvalue weighted by Gasteiger charge is 2.61. The van der Waals surface area contributed by atoms with Gasteiger partial charge in [-0.25, -0.2) is 0 Å². The summed E-state index contributed by atoms with van der Waals surface area (Å²) >= 11 is 24.3. The van der Waals surface area contributed by atoms with Gasteiger partial charge in [0, 0.05) is 32.4 Å². The van der Waals surface area contributed by atoms with Gasteiger partial charge in [-0.3, -0.25) is 5.01 Å². The summed E-state index contributed by atoms with van der Waals surface area (Å²) in [4.78, 5) is 0.644. The summed E-state index contributed by atoms with van der Waals surface area (Å²) in [5.74, 6) is 0. The van der Waals surface area contributed by atoms with Crippen molar-refractivity contribution in [1.29, 1.82) is 0 Å². The van der Waals surface area contributed by atoms with E-state index in [1.807, 2.05) is 44.2 Å². The van der Waals surface area contributed by atoms with Crippen molar-refractivity contribution in [3.05, 3.63) is 68.7 Å². The van der Waals surface area contributed by atoms with E-state index >= 15 is 0 Å². The molecular formula is C19H17Cl3N2OS. The molecule has 0 spiro atoms. The maximum absolute atomic E-state index is 6.48. The first-order valence-corrected chi connectivity index (χ1v) is 9.57. The number of nitrogens with zero attached hydrogens (tertiary/aromatic N) is 2. The molecular weight excluding hydrogens is 411 g/mol. The third kappa shape index (κ3) is 3.75. The SMILES string of the molecule is C/C=N\N(C[C@@]1(c2ccccc2Cl)O[C@@H]1c1ccc(Cl)cc1Cl)C(C)=S. The molecule has 1 fully saturated rings. The predicted molar refractivity (Wildman–Crippen MR) is 113 cm³/mol. The van der Waals surface area contributed by atoms with Gasteiger partial charge >= 0.3 is 0 Å². The van der Waals surface area contributed by atoms with Gasteiger partial charge < -0.3 is 4.74 Å². The van der Waals surface area contributed by atoms with E-state index in [1.165, 1.54) is 0 Å². The van der Waals surface area contributed by atoms with Crippen molar-refractivity contribution in [3.8, 4) is 0 Å². The minimum atomic E-state index is -0.692. The van der Waals surface area contributed by atoms with E-state index in [-0.39, 0.29) is 6.10 Å². The molecule has 3 rings (SSSR count). The quantitative estimate of drug-likeness (QED) is 0.244. The molecule has 136 valence electrons. The number of thiocarbonyl (C=S) groups is 1. The van der Waals surface area contributed by atoms with Gasteiger partial charge in [-0.15, -0.1) is 0 Å². The number of hydrogen-bond acceptors (Lipinski definition) is 3. The first kappa shape index (κ1) is 19.6. The third-order valence-electron chi connectivity index (χ3n) is 4.27. The van der Waals surface area contributed by atoms with Crippen LogP contribution in [0.2, 0.25) is 15.1 Å². The lowest BCUT2D eigenvalue weighted by molar-refractivity contribution is 0.247. The number of ether oxygens (including phenoxy) is 1. The van der Waals surface area contributed by atoms with E-state index in [9.17, 15) is 0 Å². The number of rotatable bonds is 5. The van der Waals surface area contributed by atoms with Crippen molar-refractivity contribution < 1.29 is 4.74 Å². The van der Waals surface area contributed by atoms with Gasteiger partial charge in [0.05, 0.1) is 11.5 Å². The van der Waals surface area contributed by atoms with Crippen LogP contribution >= 0.6 is 47.0 Å². The molecule has 26 heavy (non-hydrogen) atoms. The zero-order valence-corrected chi connectivity index (χ0v) is 17.3. The molecule has 0 saturated carbocycles. The Labute approximate surface area is 173 Å². The highest BCUT2D eigenvalue weighted by atomic mass is 35.5. The first-order chi connectivity index (χ1) is 12.4. The molecule has 1 aliphatic heterocycles. The number of benzene rings is 2. The standard InChI is InChI=1S/C19H17Cl3N2OS/c1-3-23-24(12(2)26)11-19(15-6-4-5-7-16(15)21)18(25-19)14-9-8-13(20)10-17(14)22/h3-10,18H,11H2,1-2H3/b23-3-/t18-,19+/m1/s1. The second-order valence-electron chi connectivity index (χ2n) is 5.98. The highest BCUT2D eigenvalue weighted by molar-refractivity contribution is 7.80. The topological polar surface area (TPSA) is 28.1 Å². The monoisotopic (exact) mass is 426 g/mol. The Morgan fingerprint density at radius 3 is 2.58 bits per heavy atom. The normalized spacial score (nSPS) is 21.8. The average molecular weight is 428 g/mol. The van der Waals surface area contributed by atoms with Crippen molar-refractivity contribution in [3.63, 3.8) is 0 Å². The van der Waals surface area contributed by atoms with Gasteiger partial charge in [0.25, 0.3) is 0 Å². The van der Waals surface area contributed by atoms with Crippen molar-refractivity contribution in [2.75, 3.05) is 6.54 Å². The van der Waals surface area contributed by atoms with Gasteiger partial charge in [0.1, 0.15) is 11.7 Å². The fourth-order valence-corrected chi connectivity index (χ4v) is 3.93. The van der Waals surface area contributed by atoms with E-state index in [0.29, 0.717) is 26.6 Å². The van der Waals surface area contributed by atoms with Crippen LogP contribution in [0.3, 0.4) is 0 Å². The molecule has 1 aliphatic rings. The largest absolute Gasteiger partial charge is 0.354 e. The van der Waals surface area contributed by atoms with Crippen LogP contribution in [0.25, 0.3) is 0 Å². The lowest BCUT2D eigenvalue weighted by atomic mass is 9.91. The lowest BCUT2D eigenvalue weighted by Crippen LogP contribution is -2.33. The predicted octanol–water partition coefficient (Wildman–Crippen LogP) is 6.27. The van der Waals surface area contributed by atoms with E-state index in [1.54, 1.807) is 23.4 Å². The van der Waals surface area contributed by atoms with Gasteiger partial charge in [-0.2, -0.15) is 5.10 Å². The number of halogens is 3. The molecule has 0 aromatic heterocycles. The van der Waals surface area contributed by atoms with E-state index in [4.69, 9.17) is 51.8 Å². The molecule has 1 saturated heterocycles. The Kier molecular flexibility index (Phi) is 5.90. The summed E-state index contributed by atoms with van der Waals surface area (Å²) in [6, 6.07) is 13.0. The van der Waals surface area contributed by atoms with Crippen molar-refractivity contribution in [2.24, 2.45) is 5.10 Å². The maximum atomic E-state index is 6.48. The van der Waals surface area contributed by atoms with Crippen LogP contribution in [0, 0.1) is 0 Å². The Morgan fingerprint density at radius 1 is 1.23 bits per heavy atom. The highest BCUT2D eigenvalue weighted by Crippen LogP contribution is 2.60. The maximum Gasteiger partial charge on any atom is 0.145 e. The van der Waals surface area contributed by atoms with Gasteiger partial charge in [0.15, 0.2) is 0 Å². The second-order valence-corrected chi connectivity index (χ2v) is 7.83. The molecule has 2 atom stereocenters. The smallest absolute Gasteiger partial charge is 0.145 e. The van der Waals surface area contributed by atoms with Crippen LogP contribution in [0.15, 0.2) is 47.6 Å². The fourth-order valence-electron chi connectivity index (χ4n) is 3.01. The second kappa shape index (κ2) is 7.83. The summed E-state index contributed by atoms with van der Waals surface area (Å²) in [6.07, 6.45) is 1.43. The fraction of sp³-hybridized carbons (Fsp3) is 0.263. The van der Waals surface area contributed by atoms with Crippen LogP contribution in [-0.4, -0.2) is 22.8 Å². The molecule has 0 bridgehead atoms. The lowest BCUT2D eigenvalue weighted by Gasteiger charge is -2.23. The van der Waals surface area contributed by atoms with Gasteiger partial charge in [0.2, 0.25) is 0 Å². The van der Waals surface area contributed by atoms with E-state index < -0.39 is 5.60 Å². The Bertz CT molecular complexity index is 874. The van der Waals surface area contributed by atoms with Crippen LogP contribution in [-0.2, 0) is 10.3 Å². The minimum absolute atomic E-state index is 0.268. The molecule has 2 aromatic rings. The molecule has 3 nitrogen and oxygen atoms in total. The van der Waals surface area contributed by atoms with Crippen LogP contribution in [0.4, 0.5) is 0 Å². The summed E-state index contributed by atoms with van der Waals surface area (Å²) in [7, 11) is 0. The van der Waals surface area contributed by atoms with Crippen LogP contribution in [0.5, 0.6) is 0 Å². The molecule has 7 heteroatoms. The summed E-state index contributed by atoms with van der Waals surface area (Å²) in [5.41, 5.74) is 1.05. The number of hydrazone groups is 1. The zero-order chi connectivity index (χ0) is 18.9. The Morgan fingerprint density at radius 2 is 1.96 bits per heavy atom. The summed E-state index contributed by atoms with van der Waals surface area (Å²) in [5, 5.41) is 7.86. The van der Waals surface area contributed by atoms with Gasteiger partial charge in [-0.1, -0.05) is 71.3 Å². The summed E-state index contributed by atoms with van der Waals surface area (Å²) < 4.78 is 6.22. The number of epoxide rings is 1. The van der Waals surface area contributed by atoms with Gasteiger partial charge in [-0.05, 0) is 32.0 Å². The molecule has 0 amide bonds. The molecule has 1 heterocycles. The number of hydrogen-bond donors (Lipinski definition) is 0. The average Bonchev–Trinajstić information content (AvgIpc) is 3.29. The summed E-state index contributed by atoms with van der Waals surface area (Å²) in [6.45, 7) is 4.10. The molecule has 0 radical (unpaired) electrons. The molecule has 0 aliphatic carbocycles. The molecule has 2 aromatic carbocycles. The van der Waals surface area contributed by atoms with Crippen molar-refractivity contribution >= 4 is 58.2 Å². The zero-order valence-electron chi connectivity index (χ0n) is 14.2. The molecule has 0 N–H and O–H groups in total. The van der Waals surface area contributed by atoms with E-state index in [2.05, 4.69) is 5.10 Å². The van der Waals surface area contributed by atoms with Crippen molar-refractivity contribution in [1.82, 2.24) is 5.01 Å². The minimum Gasteiger partial charge on any atom is -0.354 e. The van der Waals surface area contributed by atoms with Crippen LogP contribution < -0.4 is 0 Å².